The Morgan fingerprint density at radius 1 is 1.18 bits per heavy atom. The van der Waals surface area contributed by atoms with E-state index in [0.29, 0.717) is 50.9 Å². The molecule has 1 unspecified atom stereocenters. The molecule has 56 heavy (non-hydrogen) atoms. The lowest BCUT2D eigenvalue weighted by Crippen LogP contribution is -2.61. The molecular weight excluding hydrogens is 713 g/mol. The molecule has 2 aliphatic rings. The van der Waals surface area contributed by atoms with E-state index in [1.54, 1.807) is 25.4 Å². The third kappa shape index (κ3) is 8.43. The molecule has 1 saturated heterocycles. The van der Waals surface area contributed by atoms with Crippen molar-refractivity contribution >= 4 is 35.1 Å². The number of rotatable bonds is 9. The molecule has 2 aliphatic heterocycles. The number of pyridine rings is 1. The van der Waals surface area contributed by atoms with Gasteiger partial charge in [-0.05, 0) is 90.3 Å². The highest BCUT2D eigenvalue weighted by Gasteiger charge is 2.37. The monoisotopic (exact) mass is 766 g/mol. The number of aryl methyl sites for hydroxylation is 1. The van der Waals surface area contributed by atoms with Crippen LogP contribution in [0.1, 0.15) is 64.2 Å². The average molecular weight is 767 g/mol. The molecule has 4 heterocycles. The summed E-state index contributed by atoms with van der Waals surface area (Å²) < 4.78 is 13.9. The Labute approximate surface area is 328 Å². The first-order chi connectivity index (χ1) is 26.7. The van der Waals surface area contributed by atoms with Crippen molar-refractivity contribution in [3.8, 4) is 28.1 Å². The van der Waals surface area contributed by atoms with Gasteiger partial charge in [-0.2, -0.15) is 0 Å². The summed E-state index contributed by atoms with van der Waals surface area (Å²) in [4.78, 5) is 59.4. The van der Waals surface area contributed by atoms with Gasteiger partial charge in [0.2, 0.25) is 12.3 Å². The van der Waals surface area contributed by atoms with Gasteiger partial charge in [0.15, 0.2) is 0 Å². The molecular formula is C43H54N6O7. The minimum Gasteiger partial charge on any atom is -0.508 e. The summed E-state index contributed by atoms with van der Waals surface area (Å²) in [6.45, 7) is 11.5. The molecule has 0 spiro atoms. The number of hydrogen-bond acceptors (Lipinski definition) is 9. The Balaban J connectivity index is 1.53. The lowest BCUT2D eigenvalue weighted by Gasteiger charge is -2.36. The van der Waals surface area contributed by atoms with E-state index in [1.807, 2.05) is 38.2 Å². The summed E-state index contributed by atoms with van der Waals surface area (Å²) in [5.41, 5.74) is 9.87. The number of benzene rings is 2. The van der Waals surface area contributed by atoms with Gasteiger partial charge in [-0.15, -0.1) is 0 Å². The van der Waals surface area contributed by atoms with E-state index in [1.165, 1.54) is 17.0 Å². The van der Waals surface area contributed by atoms with Crippen LogP contribution in [0.25, 0.3) is 33.3 Å². The molecule has 4 aromatic rings. The van der Waals surface area contributed by atoms with Crippen LogP contribution >= 0.6 is 0 Å². The van der Waals surface area contributed by atoms with Crippen molar-refractivity contribution in [1.29, 1.82) is 0 Å². The van der Waals surface area contributed by atoms with E-state index in [4.69, 9.17) is 9.47 Å². The molecule has 13 heteroatoms. The van der Waals surface area contributed by atoms with E-state index in [-0.39, 0.29) is 24.7 Å². The number of phenolic OH excluding ortho intramolecular Hbond substituents is 1. The third-order valence-electron chi connectivity index (χ3n) is 10.8. The van der Waals surface area contributed by atoms with Crippen molar-refractivity contribution in [1.82, 2.24) is 30.2 Å². The average Bonchev–Trinajstić information content (AvgIpc) is 3.47. The summed E-state index contributed by atoms with van der Waals surface area (Å²) in [6.07, 6.45) is 5.85. The molecule has 6 rings (SSSR count). The number of aromatic hydroxyl groups is 1. The first-order valence-corrected chi connectivity index (χ1v) is 19.4. The Morgan fingerprint density at radius 2 is 1.96 bits per heavy atom. The molecule has 3 atom stereocenters. The highest BCUT2D eigenvalue weighted by molar-refractivity contribution is 5.96. The van der Waals surface area contributed by atoms with Gasteiger partial charge in [-0.1, -0.05) is 39.8 Å². The number of esters is 1. The van der Waals surface area contributed by atoms with Crippen molar-refractivity contribution in [3.63, 3.8) is 0 Å². The number of cyclic esters (lactones) is 1. The zero-order valence-corrected chi connectivity index (χ0v) is 33.4. The number of nitrogens with zero attached hydrogens (tertiary/aromatic N) is 4. The van der Waals surface area contributed by atoms with Gasteiger partial charge in [0.25, 0.3) is 5.91 Å². The number of hydrazine groups is 1. The minimum absolute atomic E-state index is 0.0110. The maximum atomic E-state index is 14.3. The van der Waals surface area contributed by atoms with Crippen LogP contribution in [0.3, 0.4) is 0 Å². The number of methoxy groups -OCH3 is 1. The zero-order chi connectivity index (χ0) is 40.3. The molecule has 3 N–H and O–H groups in total. The number of phenols is 1. The quantitative estimate of drug-likeness (QED) is 0.158. The third-order valence-corrected chi connectivity index (χ3v) is 10.8. The fourth-order valence-corrected chi connectivity index (χ4v) is 8.21. The predicted octanol–water partition coefficient (Wildman–Crippen LogP) is 5.00. The summed E-state index contributed by atoms with van der Waals surface area (Å²) >= 11 is 0. The van der Waals surface area contributed by atoms with Crippen LogP contribution in [0.5, 0.6) is 5.75 Å². The Kier molecular flexibility index (Phi) is 12.2. The van der Waals surface area contributed by atoms with Crippen LogP contribution in [-0.4, -0.2) is 94.2 Å². The van der Waals surface area contributed by atoms with Gasteiger partial charge in [0, 0.05) is 67.9 Å². The maximum Gasteiger partial charge on any atom is 0.324 e. The molecule has 2 aromatic heterocycles. The van der Waals surface area contributed by atoms with E-state index in [0.717, 1.165) is 44.4 Å². The van der Waals surface area contributed by atoms with Crippen LogP contribution in [0.4, 0.5) is 0 Å². The van der Waals surface area contributed by atoms with Crippen LogP contribution in [0.2, 0.25) is 0 Å². The molecule has 2 aromatic carbocycles. The molecule has 0 aliphatic carbocycles. The summed E-state index contributed by atoms with van der Waals surface area (Å²) in [5, 5.41) is 16.4. The minimum atomic E-state index is -1.09. The number of nitrogens with one attached hydrogen (secondary N) is 2. The van der Waals surface area contributed by atoms with Crippen LogP contribution in [0, 0.1) is 11.3 Å². The van der Waals surface area contributed by atoms with Gasteiger partial charge >= 0.3 is 5.97 Å². The lowest BCUT2D eigenvalue weighted by molar-refractivity contribution is -0.155. The normalized spacial score (nSPS) is 19.3. The van der Waals surface area contributed by atoms with Gasteiger partial charge in [-0.3, -0.25) is 29.2 Å². The van der Waals surface area contributed by atoms with E-state index in [2.05, 4.69) is 53.2 Å². The topological polar surface area (TPSA) is 155 Å². The van der Waals surface area contributed by atoms with Crippen LogP contribution in [0.15, 0.2) is 54.9 Å². The summed E-state index contributed by atoms with van der Waals surface area (Å²) in [7, 11) is 3.21. The van der Waals surface area contributed by atoms with E-state index in [9.17, 15) is 24.3 Å². The SMILES string of the molecule is CCn1c(-c2cnccc2COC)c2c3cc(ccc31)-c1cc(O)cc(c1)C[C@H](NC(=O)C(C(C)C)N(C)C=O)C(=O)N1CCC[C@H](N1)C(=O)OCC(C)(C)C2. The molecule has 13 nitrogen and oxygen atoms in total. The standard InChI is InChI=1S/C43H54N6O7/c1-8-48-37-12-11-28-20-32(37)33(39(48)34-22-44-14-13-29(34)23-55-7)21-43(4,5)24-56-42(54)35-10-9-15-49(46-35)41(53)36(18-27-16-30(28)19-31(51)17-27)45-40(52)38(26(2)3)47(6)25-50/h11-14,16-17,19-20,22,25-26,35-36,38,46,51H,8-10,15,18,21,23-24H2,1-7H3,(H,45,52)/t35-,36-,38?/m0/s1. The number of aromatic nitrogens is 2. The molecule has 0 radical (unpaired) electrons. The Bertz CT molecular complexity index is 2110. The fourth-order valence-electron chi connectivity index (χ4n) is 8.21. The molecule has 298 valence electrons. The van der Waals surface area contributed by atoms with E-state index >= 15 is 0 Å². The highest BCUT2D eigenvalue weighted by atomic mass is 16.5. The number of hydrogen-bond donors (Lipinski definition) is 3. The number of amides is 3. The van der Waals surface area contributed by atoms with E-state index < -0.39 is 41.3 Å². The fraction of sp³-hybridized carbons (Fsp3) is 0.465. The first-order valence-electron chi connectivity index (χ1n) is 19.4. The number of carbonyl (C=O) groups excluding carboxylic acids is 4. The predicted molar refractivity (Wildman–Crippen MR) is 213 cm³/mol. The summed E-state index contributed by atoms with van der Waals surface area (Å²) in [5.74, 6) is -1.62. The smallest absolute Gasteiger partial charge is 0.324 e. The largest absolute Gasteiger partial charge is 0.508 e. The second-order valence-electron chi connectivity index (χ2n) is 16.1. The van der Waals surface area contributed by atoms with Gasteiger partial charge in [-0.25, -0.2) is 5.43 Å². The number of fused-ring (bicyclic) bond motifs is 6. The van der Waals surface area contributed by atoms with Gasteiger partial charge in [0.1, 0.15) is 23.9 Å². The van der Waals surface area contributed by atoms with Crippen molar-refractivity contribution in [2.75, 3.05) is 27.3 Å². The van der Waals surface area contributed by atoms with Gasteiger partial charge < -0.3 is 29.4 Å². The first kappa shape index (κ1) is 40.4. The van der Waals surface area contributed by atoms with Crippen molar-refractivity contribution in [3.05, 3.63) is 71.5 Å². The highest BCUT2D eigenvalue weighted by Crippen LogP contribution is 2.41. The Morgan fingerprint density at radius 3 is 2.68 bits per heavy atom. The van der Waals surface area contributed by atoms with Crippen molar-refractivity contribution in [2.45, 2.75) is 91.6 Å². The molecule has 6 bridgehead atoms. The van der Waals surface area contributed by atoms with Gasteiger partial charge in [0.05, 0.1) is 18.9 Å². The molecule has 1 fully saturated rings. The Hall–Kier alpha value is -5.27. The second kappa shape index (κ2) is 16.8. The lowest BCUT2D eigenvalue weighted by atomic mass is 9.84. The number of carbonyl (C=O) groups is 4. The number of likely N-dealkylation sites (N-methyl/N-ethyl adjacent to an activating group) is 1. The maximum absolute atomic E-state index is 14.3. The van der Waals surface area contributed by atoms with Crippen LogP contribution in [-0.2, 0) is 54.6 Å². The molecule has 3 amide bonds. The molecule has 0 saturated carbocycles. The second-order valence-corrected chi connectivity index (χ2v) is 16.1. The van der Waals surface area contributed by atoms with Crippen molar-refractivity contribution < 1.29 is 33.8 Å². The van der Waals surface area contributed by atoms with Crippen molar-refractivity contribution in [2.24, 2.45) is 11.3 Å². The summed E-state index contributed by atoms with van der Waals surface area (Å²) in [6, 6.07) is 10.7. The van der Waals surface area contributed by atoms with Crippen LogP contribution < -0.4 is 10.7 Å². The number of ether oxygens (including phenoxy) is 2. The zero-order valence-electron chi connectivity index (χ0n) is 33.4.